The molecule has 1 saturated heterocycles. The van der Waals surface area contributed by atoms with Crippen LogP contribution in [0.2, 0.25) is 0 Å². The summed E-state index contributed by atoms with van der Waals surface area (Å²) < 4.78 is 12.0. The third kappa shape index (κ3) is 5.50. The molecule has 0 spiro atoms. The second-order valence-electron chi connectivity index (χ2n) is 6.74. The Morgan fingerprint density at radius 3 is 1.92 bits per heavy atom. The monoisotopic (exact) mass is 365 g/mol. The minimum atomic E-state index is -0.278. The van der Waals surface area contributed by atoms with Gasteiger partial charge in [-0.05, 0) is 64.2 Å². The van der Waals surface area contributed by atoms with Gasteiger partial charge in [0.15, 0.2) is 6.29 Å². The van der Waals surface area contributed by atoms with Crippen molar-refractivity contribution in [1.82, 2.24) is 0 Å². The number of aldehydes is 1. The van der Waals surface area contributed by atoms with Crippen molar-refractivity contribution in [2.24, 2.45) is 10.9 Å². The van der Waals surface area contributed by atoms with Crippen LogP contribution in [-0.2, 0) is 14.1 Å². The molecule has 1 aliphatic heterocycles. The summed E-state index contributed by atoms with van der Waals surface area (Å²) >= 11 is 0.865. The number of allylic oxidation sites excluding steroid dienone is 2. The number of hydrogen-bond acceptors (Lipinski definition) is 7. The van der Waals surface area contributed by atoms with Gasteiger partial charge in [0.05, 0.1) is 16.1 Å². The molecule has 0 unspecified atom stereocenters. The number of nitrogens with one attached hydrogen (secondary N) is 1. The number of benzene rings is 1. The van der Waals surface area contributed by atoms with Crippen molar-refractivity contribution in [3.8, 4) is 0 Å². The maximum atomic E-state index is 9.94. The molecule has 1 aromatic carbocycles. The molecule has 6 nitrogen and oxygen atoms in total. The van der Waals surface area contributed by atoms with E-state index in [9.17, 15) is 4.79 Å². The van der Waals surface area contributed by atoms with E-state index in [1.165, 1.54) is 0 Å². The molecule has 0 amide bonds. The number of hydrogen-bond donors (Lipinski definition) is 3. The molecule has 1 fully saturated rings. The first-order valence-electron chi connectivity index (χ1n) is 7.99. The number of nitrogens with two attached hydrogens (primary N) is 2. The Labute approximate surface area is 155 Å². The lowest BCUT2D eigenvalue weighted by Crippen LogP contribution is -2.41. The highest BCUT2D eigenvalue weighted by molar-refractivity contribution is 8.01. The molecule has 2 rings (SSSR count). The van der Waals surface area contributed by atoms with Gasteiger partial charge in [0, 0.05) is 18.4 Å². The third-order valence-electron chi connectivity index (χ3n) is 4.35. The Balaban J connectivity index is 0.000000333. The van der Waals surface area contributed by atoms with Crippen molar-refractivity contribution in [3.05, 3.63) is 34.9 Å². The molecule has 1 heterocycles. The molecule has 0 aliphatic carbocycles. The molecule has 138 valence electrons. The van der Waals surface area contributed by atoms with E-state index in [2.05, 4.69) is 33.0 Å². The Morgan fingerprint density at radius 1 is 1.16 bits per heavy atom. The van der Waals surface area contributed by atoms with E-state index in [0.29, 0.717) is 16.9 Å². The molecule has 0 aromatic heterocycles. The maximum absolute atomic E-state index is 9.94. The van der Waals surface area contributed by atoms with E-state index in [1.54, 1.807) is 6.92 Å². The van der Waals surface area contributed by atoms with Crippen LogP contribution in [0.25, 0.3) is 0 Å². The Hall–Kier alpha value is -1.48. The Kier molecular flexibility index (Phi) is 7.55. The fourth-order valence-corrected chi connectivity index (χ4v) is 2.24. The maximum Gasteiger partial charge on any atom is 0.494 e. The number of anilines is 1. The third-order valence-corrected chi connectivity index (χ3v) is 5.02. The van der Waals surface area contributed by atoms with Crippen molar-refractivity contribution >= 4 is 36.5 Å². The molecule has 0 atom stereocenters. The minimum absolute atomic E-state index is 0.272. The average Bonchev–Trinajstić information content (AvgIpc) is 2.77. The van der Waals surface area contributed by atoms with Gasteiger partial charge in [0.1, 0.15) is 0 Å². The summed E-state index contributed by atoms with van der Waals surface area (Å²) in [7, 11) is 1.63. The summed E-state index contributed by atoms with van der Waals surface area (Å²) in [4.78, 5) is 10.3. The van der Waals surface area contributed by atoms with Crippen molar-refractivity contribution in [3.63, 3.8) is 0 Å². The summed E-state index contributed by atoms with van der Waals surface area (Å²) in [5.74, 6) is 0. The zero-order valence-electron chi connectivity index (χ0n) is 15.8. The van der Waals surface area contributed by atoms with Crippen molar-refractivity contribution in [2.45, 2.75) is 45.8 Å². The van der Waals surface area contributed by atoms with Crippen LogP contribution in [0.1, 0.15) is 34.6 Å². The van der Waals surface area contributed by atoms with Gasteiger partial charge in [-0.25, -0.2) is 0 Å². The van der Waals surface area contributed by atoms with E-state index in [0.717, 1.165) is 23.1 Å². The lowest BCUT2D eigenvalue weighted by molar-refractivity contribution is -0.104. The van der Waals surface area contributed by atoms with Crippen molar-refractivity contribution in [1.29, 1.82) is 0 Å². The van der Waals surface area contributed by atoms with Crippen LogP contribution in [0.5, 0.6) is 0 Å². The van der Waals surface area contributed by atoms with Crippen molar-refractivity contribution in [2.75, 3.05) is 12.4 Å². The van der Waals surface area contributed by atoms with Gasteiger partial charge in [-0.3, -0.25) is 9.93 Å². The summed E-state index contributed by atoms with van der Waals surface area (Å²) in [6.45, 7) is 9.89. The topological polar surface area (TPSA) is 99.6 Å². The quantitative estimate of drug-likeness (QED) is 0.325. The number of carbonyl (C=O) groups excluding carboxylic acids is 1. The molecule has 5 N–H and O–H groups in total. The van der Waals surface area contributed by atoms with Gasteiger partial charge in [0.25, 0.3) is 0 Å². The second kappa shape index (κ2) is 8.76. The van der Waals surface area contributed by atoms with Crippen LogP contribution in [0, 0.1) is 0 Å². The minimum Gasteiger partial charge on any atom is -0.401 e. The fraction of sp³-hybridized carbons (Fsp3) is 0.471. The zero-order chi connectivity index (χ0) is 19.3. The molecular formula is C17H28BN3O3S. The van der Waals surface area contributed by atoms with Gasteiger partial charge < -0.3 is 20.4 Å². The summed E-state index contributed by atoms with van der Waals surface area (Å²) in [5, 5.41) is 8.13. The van der Waals surface area contributed by atoms with Crippen LogP contribution in [0.3, 0.4) is 0 Å². The van der Waals surface area contributed by atoms with Crippen LogP contribution in [0.4, 0.5) is 5.69 Å². The molecule has 0 bridgehead atoms. The predicted molar refractivity (Wildman–Crippen MR) is 106 cm³/mol. The number of carbonyl (C=O) groups is 1. The van der Waals surface area contributed by atoms with Crippen molar-refractivity contribution < 1.29 is 14.1 Å². The summed E-state index contributed by atoms with van der Waals surface area (Å²) in [6, 6.07) is 8.13. The van der Waals surface area contributed by atoms with E-state index < -0.39 is 0 Å². The standard InChI is InChI=1S/C13H20BNO2.C4H8N2OS/c1-12(2)13(3,4)17-14(16-12)10-6-8-11(15-5)9-7-10;1-3(5)4(2-7)8-6/h6-9,15H,1-5H3;2H,5-6H2,1H3/b;4-3-. The molecule has 25 heavy (non-hydrogen) atoms. The van der Waals surface area contributed by atoms with E-state index >= 15 is 0 Å². The van der Waals surface area contributed by atoms with Crippen LogP contribution in [0.15, 0.2) is 34.9 Å². The van der Waals surface area contributed by atoms with Gasteiger partial charge in [-0.1, -0.05) is 12.1 Å². The molecule has 0 saturated carbocycles. The van der Waals surface area contributed by atoms with E-state index in [-0.39, 0.29) is 18.3 Å². The van der Waals surface area contributed by atoms with Gasteiger partial charge in [-0.15, -0.1) is 0 Å². The highest BCUT2D eigenvalue weighted by atomic mass is 32.2. The predicted octanol–water partition coefficient (Wildman–Crippen LogP) is 2.01. The van der Waals surface area contributed by atoms with Crippen LogP contribution in [-0.4, -0.2) is 31.7 Å². The first-order valence-corrected chi connectivity index (χ1v) is 8.87. The highest BCUT2D eigenvalue weighted by Gasteiger charge is 2.51. The SMILES string of the molecule is C/C(N)=C(\C=O)SN.CNc1ccc(B2OC(C)(C)C(C)(C)O2)cc1. The lowest BCUT2D eigenvalue weighted by Gasteiger charge is -2.32. The second-order valence-corrected chi connectivity index (χ2v) is 7.42. The van der Waals surface area contributed by atoms with Gasteiger partial charge in [0.2, 0.25) is 0 Å². The lowest BCUT2D eigenvalue weighted by atomic mass is 9.79. The van der Waals surface area contributed by atoms with Gasteiger partial charge in [-0.2, -0.15) is 0 Å². The summed E-state index contributed by atoms with van der Waals surface area (Å²) in [6.07, 6.45) is 0.639. The first-order chi connectivity index (χ1) is 11.6. The van der Waals surface area contributed by atoms with Crippen LogP contribution >= 0.6 is 11.9 Å². The fourth-order valence-electron chi connectivity index (χ4n) is 2.00. The molecule has 0 radical (unpaired) electrons. The highest BCUT2D eigenvalue weighted by Crippen LogP contribution is 2.36. The van der Waals surface area contributed by atoms with Crippen LogP contribution < -0.4 is 21.7 Å². The summed E-state index contributed by atoms with van der Waals surface area (Å²) in [5.41, 5.74) is 7.26. The number of rotatable bonds is 4. The first kappa shape index (κ1) is 21.6. The molecular weight excluding hydrogens is 337 g/mol. The van der Waals surface area contributed by atoms with Gasteiger partial charge >= 0.3 is 7.12 Å². The molecule has 1 aromatic rings. The normalized spacial score (nSPS) is 18.8. The molecule has 8 heteroatoms. The Bertz CT molecular complexity index is 598. The molecule has 1 aliphatic rings. The van der Waals surface area contributed by atoms with E-state index in [4.69, 9.17) is 20.2 Å². The average molecular weight is 365 g/mol. The largest absolute Gasteiger partial charge is 0.494 e. The zero-order valence-corrected chi connectivity index (χ0v) is 16.6. The van der Waals surface area contributed by atoms with E-state index in [1.807, 2.05) is 31.3 Å². The Morgan fingerprint density at radius 2 is 1.64 bits per heavy atom. The smallest absolute Gasteiger partial charge is 0.401 e.